The number of hydrogen-bond acceptors (Lipinski definition) is 4. The lowest BCUT2D eigenvalue weighted by Gasteiger charge is -2.18. The second-order valence-corrected chi connectivity index (χ2v) is 4.48. The molecule has 0 atom stereocenters. The molecule has 0 aromatic carbocycles. The number of pyridine rings is 1. The standard InChI is InChI=1S/C13H22N4O/c1-4-5-15-7-11-6-10(2)13(16-8-11)17(3)9-12(14)18/h6,8,15H,4-5,7,9H2,1-3H3,(H2,14,18). The van der Waals surface area contributed by atoms with Gasteiger partial charge in [0.1, 0.15) is 5.82 Å². The van der Waals surface area contributed by atoms with Gasteiger partial charge in [-0.05, 0) is 37.1 Å². The van der Waals surface area contributed by atoms with E-state index in [-0.39, 0.29) is 12.5 Å². The third-order valence-corrected chi connectivity index (χ3v) is 2.62. The molecule has 5 nitrogen and oxygen atoms in total. The molecule has 3 N–H and O–H groups in total. The zero-order valence-corrected chi connectivity index (χ0v) is 11.4. The molecule has 0 aliphatic carbocycles. The molecule has 0 unspecified atom stereocenters. The van der Waals surface area contributed by atoms with Gasteiger partial charge in [-0.1, -0.05) is 6.92 Å². The van der Waals surface area contributed by atoms with Crippen molar-refractivity contribution in [3.05, 3.63) is 23.4 Å². The van der Waals surface area contributed by atoms with Gasteiger partial charge in [-0.15, -0.1) is 0 Å². The molecule has 18 heavy (non-hydrogen) atoms. The second-order valence-electron chi connectivity index (χ2n) is 4.48. The van der Waals surface area contributed by atoms with E-state index in [4.69, 9.17) is 5.73 Å². The van der Waals surface area contributed by atoms with Gasteiger partial charge >= 0.3 is 0 Å². The van der Waals surface area contributed by atoms with E-state index in [9.17, 15) is 4.79 Å². The molecule has 0 radical (unpaired) electrons. The van der Waals surface area contributed by atoms with Crippen LogP contribution in [0.1, 0.15) is 24.5 Å². The number of aryl methyl sites for hydroxylation is 1. The van der Waals surface area contributed by atoms with E-state index >= 15 is 0 Å². The van der Waals surface area contributed by atoms with Gasteiger partial charge < -0.3 is 16.0 Å². The van der Waals surface area contributed by atoms with E-state index in [1.807, 2.05) is 20.2 Å². The molecule has 0 saturated heterocycles. The number of aromatic nitrogens is 1. The average molecular weight is 250 g/mol. The molecule has 5 heteroatoms. The topological polar surface area (TPSA) is 71.2 Å². The summed E-state index contributed by atoms with van der Waals surface area (Å²) in [5.74, 6) is 0.445. The summed E-state index contributed by atoms with van der Waals surface area (Å²) in [6, 6.07) is 2.09. The number of hydrogen-bond donors (Lipinski definition) is 2. The normalized spacial score (nSPS) is 10.4. The van der Waals surface area contributed by atoms with Gasteiger partial charge in [0, 0.05) is 19.8 Å². The van der Waals surface area contributed by atoms with E-state index in [0.29, 0.717) is 0 Å². The fourth-order valence-corrected chi connectivity index (χ4v) is 1.84. The first-order chi connectivity index (χ1) is 8.54. The number of carbonyl (C=O) groups is 1. The number of nitrogens with one attached hydrogen (secondary N) is 1. The average Bonchev–Trinajstić information content (AvgIpc) is 2.28. The van der Waals surface area contributed by atoms with E-state index in [0.717, 1.165) is 36.5 Å². The lowest BCUT2D eigenvalue weighted by Crippen LogP contribution is -2.31. The van der Waals surface area contributed by atoms with Gasteiger partial charge in [-0.3, -0.25) is 4.79 Å². The summed E-state index contributed by atoms with van der Waals surface area (Å²) in [5.41, 5.74) is 7.37. The maximum atomic E-state index is 10.9. The van der Waals surface area contributed by atoms with Crippen molar-refractivity contribution in [2.45, 2.75) is 26.8 Å². The van der Waals surface area contributed by atoms with E-state index in [2.05, 4.69) is 23.3 Å². The Morgan fingerprint density at radius 1 is 1.56 bits per heavy atom. The van der Waals surface area contributed by atoms with Crippen LogP contribution in [0.2, 0.25) is 0 Å². The monoisotopic (exact) mass is 250 g/mol. The maximum Gasteiger partial charge on any atom is 0.236 e. The number of likely N-dealkylation sites (N-methyl/N-ethyl adjacent to an activating group) is 1. The summed E-state index contributed by atoms with van der Waals surface area (Å²) < 4.78 is 0. The van der Waals surface area contributed by atoms with Crippen LogP contribution in [0.5, 0.6) is 0 Å². The third kappa shape index (κ3) is 4.33. The first kappa shape index (κ1) is 14.4. The fraction of sp³-hybridized carbons (Fsp3) is 0.538. The zero-order chi connectivity index (χ0) is 13.5. The van der Waals surface area contributed by atoms with Crippen LogP contribution in [0.3, 0.4) is 0 Å². The predicted molar refractivity (Wildman–Crippen MR) is 73.4 cm³/mol. The number of primary amides is 1. The lowest BCUT2D eigenvalue weighted by molar-refractivity contribution is -0.116. The number of nitrogens with zero attached hydrogens (tertiary/aromatic N) is 2. The van der Waals surface area contributed by atoms with Crippen LogP contribution < -0.4 is 16.0 Å². The van der Waals surface area contributed by atoms with Crippen LogP contribution >= 0.6 is 0 Å². The van der Waals surface area contributed by atoms with Gasteiger partial charge in [0.25, 0.3) is 0 Å². The molecule has 0 saturated carbocycles. The summed E-state index contributed by atoms with van der Waals surface area (Å²) in [5, 5.41) is 3.33. The molecule has 0 bridgehead atoms. The molecule has 0 spiro atoms. The van der Waals surface area contributed by atoms with Crippen LogP contribution in [0.25, 0.3) is 0 Å². The van der Waals surface area contributed by atoms with Crippen molar-refractivity contribution in [3.63, 3.8) is 0 Å². The van der Waals surface area contributed by atoms with E-state index in [1.165, 1.54) is 0 Å². The molecule has 1 heterocycles. The lowest BCUT2D eigenvalue weighted by atomic mass is 10.2. The van der Waals surface area contributed by atoms with Crippen molar-refractivity contribution >= 4 is 11.7 Å². The van der Waals surface area contributed by atoms with Crippen LogP contribution in [0.15, 0.2) is 12.3 Å². The molecular formula is C13H22N4O. The Balaban J connectivity index is 2.69. The summed E-state index contributed by atoms with van der Waals surface area (Å²) in [6.07, 6.45) is 2.95. The van der Waals surface area contributed by atoms with Crippen molar-refractivity contribution in [2.24, 2.45) is 5.73 Å². The Morgan fingerprint density at radius 3 is 2.83 bits per heavy atom. The second kappa shape index (κ2) is 6.96. The highest BCUT2D eigenvalue weighted by molar-refractivity contribution is 5.79. The van der Waals surface area contributed by atoms with Gasteiger partial charge in [-0.25, -0.2) is 4.98 Å². The number of carbonyl (C=O) groups excluding carboxylic acids is 1. The summed E-state index contributed by atoms with van der Waals surface area (Å²) in [7, 11) is 1.81. The third-order valence-electron chi connectivity index (χ3n) is 2.62. The molecule has 1 aromatic heterocycles. The minimum atomic E-state index is -0.354. The van der Waals surface area contributed by atoms with Crippen molar-refractivity contribution < 1.29 is 4.79 Å². The van der Waals surface area contributed by atoms with Gasteiger partial charge in [0.2, 0.25) is 5.91 Å². The number of rotatable bonds is 7. The highest BCUT2D eigenvalue weighted by Gasteiger charge is 2.09. The Labute approximate surface area is 108 Å². The largest absolute Gasteiger partial charge is 0.368 e. The Morgan fingerprint density at radius 2 is 2.28 bits per heavy atom. The molecule has 100 valence electrons. The molecule has 1 aromatic rings. The minimum absolute atomic E-state index is 0.182. The molecule has 0 aliphatic heterocycles. The quantitative estimate of drug-likeness (QED) is 0.703. The van der Waals surface area contributed by atoms with Gasteiger partial charge in [0.15, 0.2) is 0 Å². The zero-order valence-electron chi connectivity index (χ0n) is 11.4. The van der Waals surface area contributed by atoms with Crippen LogP contribution in [-0.2, 0) is 11.3 Å². The van der Waals surface area contributed by atoms with Crippen molar-refractivity contribution in [3.8, 4) is 0 Å². The SMILES string of the molecule is CCCNCc1cnc(N(C)CC(N)=O)c(C)c1. The number of amides is 1. The highest BCUT2D eigenvalue weighted by atomic mass is 16.1. The van der Waals surface area contributed by atoms with Crippen molar-refractivity contribution in [2.75, 3.05) is 25.0 Å². The predicted octanol–water partition coefficient (Wildman–Crippen LogP) is 0.811. The van der Waals surface area contributed by atoms with Crippen LogP contribution in [0.4, 0.5) is 5.82 Å². The summed E-state index contributed by atoms with van der Waals surface area (Å²) in [6.45, 7) is 6.13. The maximum absolute atomic E-state index is 10.9. The summed E-state index contributed by atoms with van der Waals surface area (Å²) in [4.78, 5) is 17.0. The molecule has 0 aliphatic rings. The minimum Gasteiger partial charge on any atom is -0.368 e. The Hall–Kier alpha value is -1.62. The fourth-order valence-electron chi connectivity index (χ4n) is 1.84. The van der Waals surface area contributed by atoms with E-state index < -0.39 is 0 Å². The number of nitrogens with two attached hydrogens (primary N) is 1. The molecule has 0 fully saturated rings. The van der Waals surface area contributed by atoms with Gasteiger partial charge in [-0.2, -0.15) is 0 Å². The van der Waals surface area contributed by atoms with E-state index in [1.54, 1.807) is 4.90 Å². The summed E-state index contributed by atoms with van der Waals surface area (Å²) >= 11 is 0. The molecule has 1 amide bonds. The number of anilines is 1. The molecule has 1 rings (SSSR count). The highest BCUT2D eigenvalue weighted by Crippen LogP contribution is 2.16. The van der Waals surface area contributed by atoms with Gasteiger partial charge in [0.05, 0.1) is 6.54 Å². The smallest absolute Gasteiger partial charge is 0.236 e. The van der Waals surface area contributed by atoms with Crippen molar-refractivity contribution in [1.29, 1.82) is 0 Å². The molecular weight excluding hydrogens is 228 g/mol. The first-order valence-electron chi connectivity index (χ1n) is 6.20. The Kier molecular flexibility index (Phi) is 5.58. The van der Waals surface area contributed by atoms with Crippen LogP contribution in [0, 0.1) is 6.92 Å². The van der Waals surface area contributed by atoms with Crippen LogP contribution in [-0.4, -0.2) is 31.0 Å². The first-order valence-corrected chi connectivity index (χ1v) is 6.20. The Bertz CT molecular complexity index is 406. The van der Waals surface area contributed by atoms with Crippen molar-refractivity contribution in [1.82, 2.24) is 10.3 Å².